The summed E-state index contributed by atoms with van der Waals surface area (Å²) in [4.78, 5) is 11.7. The summed E-state index contributed by atoms with van der Waals surface area (Å²) in [5, 5.41) is 12.7. The van der Waals surface area contributed by atoms with Crippen LogP contribution < -0.4 is 0 Å². The molecule has 0 amide bonds. The highest BCUT2D eigenvalue weighted by Gasteiger charge is 2.21. The molecule has 1 heterocycles. The van der Waals surface area contributed by atoms with Crippen molar-refractivity contribution in [2.45, 2.75) is 6.92 Å². The van der Waals surface area contributed by atoms with Crippen molar-refractivity contribution in [3.8, 4) is 11.3 Å². The number of carboxylic acid groups (broad SMARTS) is 1. The average molecular weight is 358 g/mol. The van der Waals surface area contributed by atoms with Crippen LogP contribution in [0.15, 0.2) is 71.3 Å². The van der Waals surface area contributed by atoms with E-state index < -0.39 is 5.97 Å². The number of carboxylic acids is 1. The van der Waals surface area contributed by atoms with Crippen LogP contribution >= 0.6 is 0 Å². The molecule has 3 aromatic carbocycles. The van der Waals surface area contributed by atoms with E-state index in [4.69, 9.17) is 9.15 Å². The smallest absolute Gasteiger partial charge is 0.339 e. The Morgan fingerprint density at radius 2 is 1.70 bits per heavy atom. The minimum atomic E-state index is -1.06. The number of rotatable bonds is 4. The average Bonchev–Trinajstić information content (AvgIpc) is 3.02. The minimum Gasteiger partial charge on any atom is -0.503 e. The van der Waals surface area contributed by atoms with Crippen LogP contribution in [0, 0.1) is 6.92 Å². The molecular weight excluding hydrogens is 340 g/mol. The molecule has 4 nitrogen and oxygen atoms in total. The molecule has 4 aromatic rings. The highest BCUT2D eigenvalue weighted by molar-refractivity contribution is 6.18. The van der Waals surface area contributed by atoms with E-state index in [0.29, 0.717) is 11.1 Å². The molecule has 0 aliphatic rings. The first-order valence-corrected chi connectivity index (χ1v) is 8.58. The van der Waals surface area contributed by atoms with Gasteiger partial charge in [0.2, 0.25) is 0 Å². The maximum absolute atomic E-state index is 11.7. The van der Waals surface area contributed by atoms with Crippen LogP contribution in [0.4, 0.5) is 0 Å². The first-order valence-electron chi connectivity index (χ1n) is 8.58. The summed E-state index contributed by atoms with van der Waals surface area (Å²) in [5.41, 5.74) is 3.06. The van der Waals surface area contributed by atoms with Gasteiger partial charge >= 0.3 is 5.97 Å². The van der Waals surface area contributed by atoms with Crippen LogP contribution in [-0.4, -0.2) is 18.2 Å². The van der Waals surface area contributed by atoms with Gasteiger partial charge in [-0.05, 0) is 17.7 Å². The second-order valence-corrected chi connectivity index (χ2v) is 6.34. The van der Waals surface area contributed by atoms with Crippen LogP contribution in [0.25, 0.3) is 38.6 Å². The van der Waals surface area contributed by atoms with Crippen molar-refractivity contribution < 1.29 is 19.1 Å². The Labute approximate surface area is 156 Å². The van der Waals surface area contributed by atoms with E-state index in [2.05, 4.69) is 18.2 Å². The van der Waals surface area contributed by atoms with Crippen molar-refractivity contribution in [1.29, 1.82) is 0 Å². The lowest BCUT2D eigenvalue weighted by atomic mass is 9.99. The summed E-state index contributed by atoms with van der Waals surface area (Å²) >= 11 is 0. The third-order valence-electron chi connectivity index (χ3n) is 4.75. The van der Waals surface area contributed by atoms with Crippen LogP contribution in [0.5, 0.6) is 0 Å². The summed E-state index contributed by atoms with van der Waals surface area (Å²) in [7, 11) is 1.43. The monoisotopic (exact) mass is 358 g/mol. The molecule has 0 radical (unpaired) electrons. The minimum absolute atomic E-state index is 0.0568. The summed E-state index contributed by atoms with van der Waals surface area (Å²) < 4.78 is 11.2. The van der Waals surface area contributed by atoms with Gasteiger partial charge in [0, 0.05) is 22.1 Å². The van der Waals surface area contributed by atoms with Crippen LogP contribution in [0.2, 0.25) is 0 Å². The van der Waals surface area contributed by atoms with E-state index in [1.807, 2.05) is 43.3 Å². The molecule has 1 aromatic heterocycles. The normalized spacial score (nSPS) is 11.9. The second kappa shape index (κ2) is 6.65. The third-order valence-corrected chi connectivity index (χ3v) is 4.75. The van der Waals surface area contributed by atoms with E-state index >= 15 is 0 Å². The lowest BCUT2D eigenvalue weighted by Crippen LogP contribution is -2.00. The first-order chi connectivity index (χ1) is 13.1. The number of para-hydroxylation sites is 1. The van der Waals surface area contributed by atoms with Gasteiger partial charge in [-0.3, -0.25) is 0 Å². The number of benzene rings is 3. The zero-order valence-electron chi connectivity index (χ0n) is 15.0. The van der Waals surface area contributed by atoms with Crippen LogP contribution in [0.3, 0.4) is 0 Å². The summed E-state index contributed by atoms with van der Waals surface area (Å²) in [5.74, 6) is -0.318. The molecule has 27 heavy (non-hydrogen) atoms. The fourth-order valence-corrected chi connectivity index (χ4v) is 3.48. The van der Waals surface area contributed by atoms with Gasteiger partial charge in [0.1, 0.15) is 16.9 Å². The van der Waals surface area contributed by atoms with E-state index in [-0.39, 0.29) is 5.57 Å². The van der Waals surface area contributed by atoms with Crippen LogP contribution in [-0.2, 0) is 9.53 Å². The van der Waals surface area contributed by atoms with Gasteiger partial charge in [-0.25, -0.2) is 4.79 Å². The van der Waals surface area contributed by atoms with Gasteiger partial charge in [0.25, 0.3) is 0 Å². The molecule has 0 aliphatic heterocycles. The fourth-order valence-electron chi connectivity index (χ4n) is 3.48. The molecular formula is C23H18O4. The Hall–Kier alpha value is -3.53. The predicted molar refractivity (Wildman–Crippen MR) is 107 cm³/mol. The zero-order chi connectivity index (χ0) is 19.0. The molecule has 0 unspecified atom stereocenters. The number of aliphatic carboxylic acids is 1. The highest BCUT2D eigenvalue weighted by Crippen LogP contribution is 2.39. The van der Waals surface area contributed by atoms with E-state index in [1.165, 1.54) is 13.4 Å². The summed E-state index contributed by atoms with van der Waals surface area (Å²) in [6.07, 6.45) is 1.23. The molecule has 0 spiro atoms. The molecule has 4 rings (SSSR count). The van der Waals surface area contributed by atoms with Crippen molar-refractivity contribution in [2.24, 2.45) is 0 Å². The SMILES string of the molecule is COC=C(C(=O)O)c1cccc2c(C)c(-c3cccc4ccccc34)oc12. The Bertz CT molecular complexity index is 1190. The van der Waals surface area contributed by atoms with Gasteiger partial charge in [-0.15, -0.1) is 0 Å². The Balaban J connectivity index is 2.02. The molecule has 4 heteroatoms. The maximum atomic E-state index is 11.7. The van der Waals surface area contributed by atoms with Gasteiger partial charge in [0.15, 0.2) is 0 Å². The van der Waals surface area contributed by atoms with Crippen molar-refractivity contribution >= 4 is 33.3 Å². The maximum Gasteiger partial charge on any atom is 0.339 e. The van der Waals surface area contributed by atoms with Crippen molar-refractivity contribution in [1.82, 2.24) is 0 Å². The van der Waals surface area contributed by atoms with E-state index in [0.717, 1.165) is 33.0 Å². The van der Waals surface area contributed by atoms with Gasteiger partial charge in [0.05, 0.1) is 13.4 Å². The number of ether oxygens (including phenoxy) is 1. The second-order valence-electron chi connectivity index (χ2n) is 6.34. The molecule has 134 valence electrons. The first kappa shape index (κ1) is 16.9. The van der Waals surface area contributed by atoms with Crippen LogP contribution in [0.1, 0.15) is 11.1 Å². The highest BCUT2D eigenvalue weighted by atomic mass is 16.5. The van der Waals surface area contributed by atoms with Gasteiger partial charge < -0.3 is 14.3 Å². The molecule has 0 saturated heterocycles. The number of aryl methyl sites for hydroxylation is 1. The lowest BCUT2D eigenvalue weighted by molar-refractivity contribution is -0.130. The predicted octanol–water partition coefficient (Wildman–Crippen LogP) is 5.63. The number of fused-ring (bicyclic) bond motifs is 2. The van der Waals surface area contributed by atoms with Gasteiger partial charge in [-0.1, -0.05) is 60.7 Å². The zero-order valence-corrected chi connectivity index (χ0v) is 15.0. The summed E-state index contributed by atoms with van der Waals surface area (Å²) in [6, 6.07) is 19.7. The van der Waals surface area contributed by atoms with E-state index in [1.54, 1.807) is 6.07 Å². The Kier molecular flexibility index (Phi) is 4.16. The Morgan fingerprint density at radius 3 is 2.48 bits per heavy atom. The van der Waals surface area contributed by atoms with Crippen molar-refractivity contribution in [3.63, 3.8) is 0 Å². The topological polar surface area (TPSA) is 59.7 Å². The largest absolute Gasteiger partial charge is 0.503 e. The number of carbonyl (C=O) groups is 1. The molecule has 0 atom stereocenters. The Morgan fingerprint density at radius 1 is 1.00 bits per heavy atom. The summed E-state index contributed by atoms with van der Waals surface area (Å²) in [6.45, 7) is 1.99. The molecule has 1 N–H and O–H groups in total. The number of hydrogen-bond donors (Lipinski definition) is 1. The van der Waals surface area contributed by atoms with Crippen molar-refractivity contribution in [2.75, 3.05) is 7.11 Å². The third kappa shape index (κ3) is 2.75. The number of furan rings is 1. The number of methoxy groups -OCH3 is 1. The molecule has 0 fully saturated rings. The number of hydrogen-bond acceptors (Lipinski definition) is 3. The fraction of sp³-hybridized carbons (Fsp3) is 0.0870. The quantitative estimate of drug-likeness (QED) is 0.379. The molecule has 0 bridgehead atoms. The standard InChI is InChI=1S/C23H18O4/c1-14-16-10-6-12-19(20(13-26-2)23(24)25)22(16)27-21(14)18-11-5-8-15-7-3-4-9-17(15)18/h3-13H,1-2H3,(H,24,25). The molecule has 0 saturated carbocycles. The lowest BCUT2D eigenvalue weighted by Gasteiger charge is -2.05. The van der Waals surface area contributed by atoms with E-state index in [9.17, 15) is 9.90 Å². The van der Waals surface area contributed by atoms with Gasteiger partial charge in [-0.2, -0.15) is 0 Å². The van der Waals surface area contributed by atoms with Crippen molar-refractivity contribution in [3.05, 3.63) is 78.1 Å². The molecule has 0 aliphatic carbocycles.